The first-order valence-electron chi connectivity index (χ1n) is 14.4. The molecular formula is C33H38ClN5O4Si. The summed E-state index contributed by atoms with van der Waals surface area (Å²) in [4.78, 5) is 4.70. The molecule has 2 heterocycles. The summed E-state index contributed by atoms with van der Waals surface area (Å²) in [6, 6.07) is 16.8. The summed E-state index contributed by atoms with van der Waals surface area (Å²) in [5, 5.41) is 13.7. The zero-order chi connectivity index (χ0) is 31.3. The molecule has 2 aromatic heterocycles. The number of methoxy groups -OCH3 is 3. The van der Waals surface area contributed by atoms with Crippen LogP contribution in [0.4, 0.5) is 5.69 Å². The maximum atomic E-state index is 6.66. The monoisotopic (exact) mass is 631 g/mol. The summed E-state index contributed by atoms with van der Waals surface area (Å²) >= 11 is 6.66. The molecule has 9 nitrogen and oxygen atoms in total. The third-order valence-electron chi connectivity index (χ3n) is 7.39. The molecule has 0 atom stereocenters. The van der Waals surface area contributed by atoms with Crippen LogP contribution in [0.5, 0.6) is 17.2 Å². The standard InChI is InChI=1S/C33H38ClN5O4Si/c1-40-24-9-7-23(31(16-24)41-2)19-36-30-20-37-38-29-15-22(8-10-25(29)30)26-17-28(34)32(42-3)18-27(26)33-35-11-12-39(33)21-43-13-14-44(4,5)6/h7-12,15-18,20H,13-14,19,21H2,1-6H3,(H,36,38). The number of hydrogen-bond acceptors (Lipinski definition) is 8. The minimum absolute atomic E-state index is 0.404. The number of halogens is 1. The molecule has 0 unspecified atom stereocenters. The highest BCUT2D eigenvalue weighted by molar-refractivity contribution is 6.76. The van der Waals surface area contributed by atoms with Crippen LogP contribution in [-0.4, -0.2) is 55.8 Å². The molecule has 0 radical (unpaired) electrons. The molecule has 0 fully saturated rings. The van der Waals surface area contributed by atoms with Gasteiger partial charge in [0.2, 0.25) is 0 Å². The van der Waals surface area contributed by atoms with Crippen molar-refractivity contribution in [3.63, 3.8) is 0 Å². The zero-order valence-corrected chi connectivity index (χ0v) is 27.7. The van der Waals surface area contributed by atoms with E-state index in [2.05, 4.69) is 41.2 Å². The Balaban J connectivity index is 1.46. The average Bonchev–Trinajstić information content (AvgIpc) is 3.49. The lowest BCUT2D eigenvalue weighted by Crippen LogP contribution is -2.22. The number of ether oxygens (including phenoxy) is 4. The molecule has 0 aliphatic rings. The second-order valence-corrected chi connectivity index (χ2v) is 17.7. The summed E-state index contributed by atoms with van der Waals surface area (Å²) in [5.41, 5.74) is 5.29. The number of imidazole rings is 1. The second-order valence-electron chi connectivity index (χ2n) is 11.6. The number of hydrogen-bond donors (Lipinski definition) is 1. The van der Waals surface area contributed by atoms with Gasteiger partial charge in [0.05, 0.1) is 43.8 Å². The maximum absolute atomic E-state index is 6.66. The molecule has 0 aliphatic heterocycles. The van der Waals surface area contributed by atoms with Gasteiger partial charge in [-0.2, -0.15) is 10.2 Å². The number of nitrogens with one attached hydrogen (secondary N) is 1. The van der Waals surface area contributed by atoms with E-state index < -0.39 is 8.07 Å². The predicted octanol–water partition coefficient (Wildman–Crippen LogP) is 7.76. The Morgan fingerprint density at radius 2 is 1.73 bits per heavy atom. The van der Waals surface area contributed by atoms with E-state index in [0.717, 1.165) is 68.8 Å². The van der Waals surface area contributed by atoms with Crippen molar-refractivity contribution in [2.75, 3.05) is 33.3 Å². The fourth-order valence-corrected chi connectivity index (χ4v) is 5.89. The van der Waals surface area contributed by atoms with Crippen LogP contribution in [0.1, 0.15) is 5.56 Å². The average molecular weight is 632 g/mol. The van der Waals surface area contributed by atoms with Crippen LogP contribution in [-0.2, 0) is 18.0 Å². The van der Waals surface area contributed by atoms with E-state index in [9.17, 15) is 0 Å². The van der Waals surface area contributed by atoms with E-state index in [1.165, 1.54) is 0 Å². The van der Waals surface area contributed by atoms with Gasteiger partial charge in [0.1, 0.15) is 29.8 Å². The summed E-state index contributed by atoms with van der Waals surface area (Å²) in [6.45, 7) is 8.69. The topological polar surface area (TPSA) is 92.6 Å². The Hall–Kier alpha value is -4.12. The van der Waals surface area contributed by atoms with Crippen molar-refractivity contribution in [3.8, 4) is 39.8 Å². The molecule has 5 rings (SSSR count). The third-order valence-corrected chi connectivity index (χ3v) is 9.39. The van der Waals surface area contributed by atoms with Crippen molar-refractivity contribution in [2.24, 2.45) is 0 Å². The Morgan fingerprint density at radius 3 is 2.48 bits per heavy atom. The highest BCUT2D eigenvalue weighted by atomic mass is 35.5. The van der Waals surface area contributed by atoms with Crippen LogP contribution in [0.2, 0.25) is 30.7 Å². The fourth-order valence-electron chi connectivity index (χ4n) is 4.89. The van der Waals surface area contributed by atoms with Gasteiger partial charge in [-0.25, -0.2) is 4.98 Å². The minimum Gasteiger partial charge on any atom is -0.497 e. The molecule has 44 heavy (non-hydrogen) atoms. The van der Waals surface area contributed by atoms with Crippen molar-refractivity contribution in [3.05, 3.63) is 77.7 Å². The lowest BCUT2D eigenvalue weighted by atomic mass is 9.97. The maximum Gasteiger partial charge on any atom is 0.142 e. The van der Waals surface area contributed by atoms with Gasteiger partial charge in [0.25, 0.3) is 0 Å². The molecule has 0 bridgehead atoms. The quantitative estimate of drug-likeness (QED) is 0.104. The van der Waals surface area contributed by atoms with E-state index in [1.807, 2.05) is 53.2 Å². The summed E-state index contributed by atoms with van der Waals surface area (Å²) in [6.07, 6.45) is 5.44. The van der Waals surface area contributed by atoms with Gasteiger partial charge >= 0.3 is 0 Å². The molecule has 11 heteroatoms. The predicted molar refractivity (Wildman–Crippen MR) is 179 cm³/mol. The number of rotatable bonds is 13. The molecule has 0 amide bonds. The van der Waals surface area contributed by atoms with E-state index >= 15 is 0 Å². The first-order valence-corrected chi connectivity index (χ1v) is 18.5. The van der Waals surface area contributed by atoms with Crippen LogP contribution in [0, 0.1) is 0 Å². The first-order chi connectivity index (χ1) is 21.2. The molecule has 0 aliphatic carbocycles. The molecular weight excluding hydrogens is 594 g/mol. The number of aromatic nitrogens is 4. The van der Waals surface area contributed by atoms with Gasteiger partial charge in [-0.3, -0.25) is 0 Å². The van der Waals surface area contributed by atoms with Crippen molar-refractivity contribution in [1.29, 1.82) is 0 Å². The van der Waals surface area contributed by atoms with Crippen LogP contribution in [0.25, 0.3) is 33.4 Å². The highest BCUT2D eigenvalue weighted by Gasteiger charge is 2.19. The number of nitrogens with zero attached hydrogens (tertiary/aromatic N) is 4. The van der Waals surface area contributed by atoms with Gasteiger partial charge in [-0.1, -0.05) is 37.3 Å². The number of anilines is 1. The molecule has 0 spiro atoms. The smallest absolute Gasteiger partial charge is 0.142 e. The van der Waals surface area contributed by atoms with Crippen LogP contribution in [0.3, 0.4) is 0 Å². The lowest BCUT2D eigenvalue weighted by Gasteiger charge is -2.17. The van der Waals surface area contributed by atoms with E-state index in [0.29, 0.717) is 24.0 Å². The van der Waals surface area contributed by atoms with Crippen molar-refractivity contribution >= 4 is 36.3 Å². The van der Waals surface area contributed by atoms with E-state index in [1.54, 1.807) is 33.7 Å². The molecule has 3 aromatic carbocycles. The Morgan fingerprint density at radius 1 is 0.909 bits per heavy atom. The largest absolute Gasteiger partial charge is 0.497 e. The minimum atomic E-state index is -1.19. The van der Waals surface area contributed by atoms with Gasteiger partial charge in [0, 0.05) is 56.2 Å². The van der Waals surface area contributed by atoms with Gasteiger partial charge in [-0.05, 0) is 53.6 Å². The van der Waals surface area contributed by atoms with Crippen LogP contribution >= 0.6 is 11.6 Å². The molecule has 5 aromatic rings. The highest BCUT2D eigenvalue weighted by Crippen LogP contribution is 2.40. The molecule has 0 saturated carbocycles. The number of fused-ring (bicyclic) bond motifs is 1. The normalized spacial score (nSPS) is 11.5. The summed E-state index contributed by atoms with van der Waals surface area (Å²) in [5.74, 6) is 2.82. The molecule has 0 saturated heterocycles. The first kappa shape index (κ1) is 31.3. The molecule has 1 N–H and O–H groups in total. The second kappa shape index (κ2) is 13.7. The van der Waals surface area contributed by atoms with Gasteiger partial charge < -0.3 is 28.8 Å². The number of benzene rings is 3. The summed E-state index contributed by atoms with van der Waals surface area (Å²) in [7, 11) is 3.70. The van der Waals surface area contributed by atoms with E-state index in [4.69, 9.17) is 35.5 Å². The summed E-state index contributed by atoms with van der Waals surface area (Å²) < 4.78 is 24.5. The fraction of sp³-hybridized carbons (Fsp3) is 0.303. The Kier molecular flexibility index (Phi) is 9.73. The van der Waals surface area contributed by atoms with Crippen LogP contribution < -0.4 is 19.5 Å². The Labute approximate surface area is 264 Å². The lowest BCUT2D eigenvalue weighted by molar-refractivity contribution is 0.0883. The van der Waals surface area contributed by atoms with Gasteiger partial charge in [-0.15, -0.1) is 0 Å². The third kappa shape index (κ3) is 7.15. The Bertz CT molecular complexity index is 1750. The SMILES string of the molecule is COc1ccc(CNc2cnnc3cc(-c4cc(Cl)c(OC)cc4-c4nccn4COCC[Si](C)(C)C)ccc23)c(OC)c1. The van der Waals surface area contributed by atoms with Gasteiger partial charge in [0.15, 0.2) is 0 Å². The molecule has 230 valence electrons. The van der Waals surface area contributed by atoms with E-state index in [-0.39, 0.29) is 0 Å². The van der Waals surface area contributed by atoms with Crippen LogP contribution in [0.15, 0.2) is 67.1 Å². The zero-order valence-electron chi connectivity index (χ0n) is 26.0. The van der Waals surface area contributed by atoms with Crippen molar-refractivity contribution < 1.29 is 18.9 Å². The van der Waals surface area contributed by atoms with Crippen molar-refractivity contribution in [1.82, 2.24) is 19.7 Å². The van der Waals surface area contributed by atoms with Crippen molar-refractivity contribution in [2.45, 2.75) is 39.0 Å².